The van der Waals surface area contributed by atoms with Crippen molar-refractivity contribution in [2.45, 2.75) is 12.6 Å². The minimum Gasteiger partial charge on any atom is -0.348 e. The normalized spacial score (nSPS) is 16.6. The van der Waals surface area contributed by atoms with Gasteiger partial charge in [0.25, 0.3) is 5.91 Å². The van der Waals surface area contributed by atoms with Crippen LogP contribution in [0.5, 0.6) is 0 Å². The summed E-state index contributed by atoms with van der Waals surface area (Å²) in [5.41, 5.74) is 2.38. The predicted molar refractivity (Wildman–Crippen MR) is 95.2 cm³/mol. The Bertz CT molecular complexity index is 919. The van der Waals surface area contributed by atoms with E-state index in [0.29, 0.717) is 17.1 Å². The monoisotopic (exact) mass is 354 g/mol. The van der Waals surface area contributed by atoms with E-state index in [4.69, 9.17) is 11.6 Å². The molecule has 0 aliphatic carbocycles. The summed E-state index contributed by atoms with van der Waals surface area (Å²) >= 11 is 6.43. The number of carbonyl (C=O) groups excluding carboxylic acids is 1. The first-order valence-corrected chi connectivity index (χ1v) is 8.49. The fourth-order valence-corrected chi connectivity index (χ4v) is 3.62. The second-order valence-corrected chi connectivity index (χ2v) is 6.46. The molecule has 1 atom stereocenters. The van der Waals surface area contributed by atoms with Gasteiger partial charge < -0.3 is 9.47 Å². The van der Waals surface area contributed by atoms with E-state index >= 15 is 0 Å². The van der Waals surface area contributed by atoms with Gasteiger partial charge in [0.2, 0.25) is 0 Å². The Kier molecular flexibility index (Phi) is 4.06. The van der Waals surface area contributed by atoms with E-state index in [1.807, 2.05) is 47.5 Å². The third kappa shape index (κ3) is 2.83. The van der Waals surface area contributed by atoms with Crippen LogP contribution in [-0.2, 0) is 6.54 Å². The Morgan fingerprint density at radius 1 is 1.00 bits per heavy atom. The van der Waals surface area contributed by atoms with Crippen molar-refractivity contribution in [1.82, 2.24) is 9.47 Å². The van der Waals surface area contributed by atoms with Crippen molar-refractivity contribution in [3.63, 3.8) is 0 Å². The molecule has 0 spiro atoms. The van der Waals surface area contributed by atoms with E-state index < -0.39 is 0 Å². The van der Waals surface area contributed by atoms with Gasteiger partial charge in [0.1, 0.15) is 5.82 Å². The molecule has 1 unspecified atom stereocenters. The first kappa shape index (κ1) is 15.9. The summed E-state index contributed by atoms with van der Waals surface area (Å²) in [4.78, 5) is 14.9. The molecule has 2 aromatic carbocycles. The van der Waals surface area contributed by atoms with Gasteiger partial charge >= 0.3 is 0 Å². The quantitative estimate of drug-likeness (QED) is 0.664. The second-order valence-electron chi connectivity index (χ2n) is 6.06. The van der Waals surface area contributed by atoms with Gasteiger partial charge in [-0.25, -0.2) is 4.39 Å². The highest BCUT2D eigenvalue weighted by Crippen LogP contribution is 2.36. The lowest BCUT2D eigenvalue weighted by atomic mass is 9.98. The van der Waals surface area contributed by atoms with Gasteiger partial charge in [0, 0.05) is 35.6 Å². The molecule has 0 radical (unpaired) electrons. The van der Waals surface area contributed by atoms with Gasteiger partial charge in [-0.3, -0.25) is 4.79 Å². The van der Waals surface area contributed by atoms with Crippen molar-refractivity contribution in [3.05, 3.63) is 94.5 Å². The zero-order valence-electron chi connectivity index (χ0n) is 13.4. The minimum absolute atomic E-state index is 0.127. The van der Waals surface area contributed by atoms with Crippen molar-refractivity contribution in [2.24, 2.45) is 0 Å². The van der Waals surface area contributed by atoms with Crippen LogP contribution >= 0.6 is 11.6 Å². The molecule has 4 rings (SSSR count). The number of nitrogens with zero attached hydrogens (tertiary/aromatic N) is 2. The predicted octanol–water partition coefficient (Wildman–Crippen LogP) is 4.53. The molecule has 3 nitrogen and oxygen atoms in total. The van der Waals surface area contributed by atoms with E-state index in [2.05, 4.69) is 4.57 Å². The summed E-state index contributed by atoms with van der Waals surface area (Å²) in [5.74, 6) is -0.482. The minimum atomic E-state index is -0.355. The summed E-state index contributed by atoms with van der Waals surface area (Å²) in [6.45, 7) is 1.28. The smallest absolute Gasteiger partial charge is 0.254 e. The van der Waals surface area contributed by atoms with Crippen molar-refractivity contribution in [1.29, 1.82) is 0 Å². The molecule has 2 heterocycles. The highest BCUT2D eigenvalue weighted by atomic mass is 35.5. The Balaban J connectivity index is 1.79. The molecule has 0 fully saturated rings. The molecule has 1 aromatic heterocycles. The zero-order valence-corrected chi connectivity index (χ0v) is 14.2. The number of fused-ring (bicyclic) bond motifs is 1. The fourth-order valence-electron chi connectivity index (χ4n) is 3.38. The molecule has 0 N–H and O–H groups in total. The van der Waals surface area contributed by atoms with E-state index in [0.717, 1.165) is 17.8 Å². The van der Waals surface area contributed by atoms with Gasteiger partial charge in [-0.2, -0.15) is 0 Å². The van der Waals surface area contributed by atoms with Gasteiger partial charge in [-0.15, -0.1) is 0 Å². The van der Waals surface area contributed by atoms with Crippen LogP contribution in [0.15, 0.2) is 66.9 Å². The molecular formula is C20H16ClFN2O. The molecule has 0 saturated heterocycles. The third-order valence-electron chi connectivity index (χ3n) is 4.59. The number of carbonyl (C=O) groups is 1. The number of amides is 1. The maximum atomic E-state index is 13.2. The number of rotatable bonds is 2. The fraction of sp³-hybridized carbons (Fsp3) is 0.150. The Morgan fingerprint density at radius 3 is 2.52 bits per heavy atom. The summed E-state index contributed by atoms with van der Waals surface area (Å²) in [6, 6.07) is 17.0. The van der Waals surface area contributed by atoms with Gasteiger partial charge in [-0.1, -0.05) is 29.8 Å². The Hall–Kier alpha value is -2.59. The summed E-state index contributed by atoms with van der Waals surface area (Å²) in [7, 11) is 0. The molecule has 5 heteroatoms. The van der Waals surface area contributed by atoms with Crippen molar-refractivity contribution < 1.29 is 9.18 Å². The first-order chi connectivity index (χ1) is 12.1. The maximum absolute atomic E-state index is 13.2. The standard InChI is InChI=1S/C20H16ClFN2O/c21-17-5-2-1-4-16(17)19-18-6-3-11-23(18)12-13-24(19)20(25)14-7-9-15(22)10-8-14/h1-11,19H,12-13H2. The molecular weight excluding hydrogens is 339 g/mol. The summed E-state index contributed by atoms with van der Waals surface area (Å²) < 4.78 is 15.3. The molecule has 0 saturated carbocycles. The highest BCUT2D eigenvalue weighted by Gasteiger charge is 2.33. The van der Waals surface area contributed by atoms with Crippen molar-refractivity contribution in [3.8, 4) is 0 Å². The number of halogens is 2. The van der Waals surface area contributed by atoms with E-state index in [1.54, 1.807) is 0 Å². The van der Waals surface area contributed by atoms with Crippen LogP contribution in [0.25, 0.3) is 0 Å². The third-order valence-corrected chi connectivity index (χ3v) is 4.93. The first-order valence-electron chi connectivity index (χ1n) is 8.11. The SMILES string of the molecule is O=C(c1ccc(F)cc1)N1CCn2cccc2C1c1ccccc1Cl. The average Bonchev–Trinajstić information content (AvgIpc) is 3.10. The van der Waals surface area contributed by atoms with Crippen LogP contribution < -0.4 is 0 Å². The van der Waals surface area contributed by atoms with Crippen LogP contribution in [0.3, 0.4) is 0 Å². The molecule has 1 aliphatic heterocycles. The van der Waals surface area contributed by atoms with Gasteiger partial charge in [0.15, 0.2) is 0 Å². The van der Waals surface area contributed by atoms with Crippen LogP contribution in [-0.4, -0.2) is 21.9 Å². The van der Waals surface area contributed by atoms with Crippen LogP contribution in [0.4, 0.5) is 4.39 Å². The second kappa shape index (κ2) is 6.37. The van der Waals surface area contributed by atoms with Crippen LogP contribution in [0, 0.1) is 5.82 Å². The summed E-state index contributed by atoms with van der Waals surface area (Å²) in [6.07, 6.45) is 2.01. The Morgan fingerprint density at radius 2 is 1.76 bits per heavy atom. The lowest BCUT2D eigenvalue weighted by molar-refractivity contribution is 0.0664. The van der Waals surface area contributed by atoms with Gasteiger partial charge in [-0.05, 0) is 48.0 Å². The molecule has 1 amide bonds. The number of hydrogen-bond donors (Lipinski definition) is 0. The maximum Gasteiger partial charge on any atom is 0.254 e. The Labute approximate surface area is 150 Å². The number of benzene rings is 2. The highest BCUT2D eigenvalue weighted by molar-refractivity contribution is 6.31. The lowest BCUT2D eigenvalue weighted by Gasteiger charge is -2.37. The average molecular weight is 355 g/mol. The molecule has 3 aromatic rings. The van der Waals surface area contributed by atoms with E-state index in [-0.39, 0.29) is 17.8 Å². The molecule has 0 bridgehead atoms. The van der Waals surface area contributed by atoms with Gasteiger partial charge in [0.05, 0.1) is 6.04 Å². The topological polar surface area (TPSA) is 25.2 Å². The lowest BCUT2D eigenvalue weighted by Crippen LogP contribution is -2.42. The number of hydrogen-bond acceptors (Lipinski definition) is 1. The van der Waals surface area contributed by atoms with Crippen molar-refractivity contribution in [2.75, 3.05) is 6.54 Å². The summed E-state index contributed by atoms with van der Waals surface area (Å²) in [5, 5.41) is 0.624. The molecule has 25 heavy (non-hydrogen) atoms. The van der Waals surface area contributed by atoms with Crippen LogP contribution in [0.1, 0.15) is 27.7 Å². The largest absolute Gasteiger partial charge is 0.348 e. The number of aromatic nitrogens is 1. The zero-order chi connectivity index (χ0) is 17.4. The van der Waals surface area contributed by atoms with E-state index in [1.165, 1.54) is 24.3 Å². The van der Waals surface area contributed by atoms with E-state index in [9.17, 15) is 9.18 Å². The molecule has 126 valence electrons. The van der Waals surface area contributed by atoms with Crippen molar-refractivity contribution >= 4 is 17.5 Å². The molecule has 1 aliphatic rings. The van der Waals surface area contributed by atoms with Crippen LogP contribution in [0.2, 0.25) is 5.02 Å².